The molecule has 0 aromatic carbocycles. The van der Waals surface area contributed by atoms with E-state index in [2.05, 4.69) is 25.8 Å². The largest absolute Gasteiger partial charge is 0.341 e. The van der Waals surface area contributed by atoms with Crippen LogP contribution < -0.4 is 16.0 Å². The van der Waals surface area contributed by atoms with E-state index in [0.717, 1.165) is 25.2 Å². The predicted octanol–water partition coefficient (Wildman–Crippen LogP) is 0.295. The summed E-state index contributed by atoms with van der Waals surface area (Å²) in [5, 5.41) is 8.00. The van der Waals surface area contributed by atoms with Crippen LogP contribution in [0.15, 0.2) is 24.5 Å². The van der Waals surface area contributed by atoms with Crippen LogP contribution in [0.2, 0.25) is 0 Å². The molecule has 22 heavy (non-hydrogen) atoms. The number of pyridine rings is 1. The van der Waals surface area contributed by atoms with Crippen molar-refractivity contribution < 1.29 is 9.59 Å². The van der Waals surface area contributed by atoms with Crippen LogP contribution in [0, 0.1) is 0 Å². The number of amides is 3. The number of halogens is 1. The first-order valence-electron chi connectivity index (χ1n) is 7.07. The van der Waals surface area contributed by atoms with Crippen molar-refractivity contribution >= 4 is 24.3 Å². The average Bonchev–Trinajstić information content (AvgIpc) is 2.54. The molecule has 1 fully saturated rings. The molecule has 0 spiro atoms. The molecule has 1 aromatic rings. The highest BCUT2D eigenvalue weighted by molar-refractivity contribution is 5.94. The van der Waals surface area contributed by atoms with E-state index in [1.807, 2.05) is 18.3 Å². The summed E-state index contributed by atoms with van der Waals surface area (Å²) < 4.78 is 0. The fourth-order valence-corrected chi connectivity index (χ4v) is 2.41. The molecule has 2 rings (SSSR count). The Kier molecular flexibility index (Phi) is 7.79. The summed E-state index contributed by atoms with van der Waals surface area (Å²) >= 11 is 0. The minimum absolute atomic E-state index is 0. The fourth-order valence-electron chi connectivity index (χ4n) is 2.41. The quantitative estimate of drug-likeness (QED) is 0.740. The van der Waals surface area contributed by atoms with E-state index in [4.69, 9.17) is 0 Å². The number of nitrogens with one attached hydrogen (secondary N) is 3. The van der Waals surface area contributed by atoms with E-state index in [9.17, 15) is 9.59 Å². The molecule has 1 atom stereocenters. The van der Waals surface area contributed by atoms with E-state index < -0.39 is 6.03 Å². The van der Waals surface area contributed by atoms with Gasteiger partial charge in [0.25, 0.3) is 0 Å². The molecule has 8 heteroatoms. The van der Waals surface area contributed by atoms with Gasteiger partial charge in [0.2, 0.25) is 5.91 Å². The minimum atomic E-state index is -0.468. The molecule has 1 aliphatic rings. The number of piperazine rings is 1. The van der Waals surface area contributed by atoms with E-state index in [1.54, 1.807) is 6.20 Å². The molecule has 7 nitrogen and oxygen atoms in total. The maximum atomic E-state index is 11.7. The average molecular weight is 328 g/mol. The van der Waals surface area contributed by atoms with Gasteiger partial charge in [-0.1, -0.05) is 6.07 Å². The van der Waals surface area contributed by atoms with Crippen LogP contribution in [0.5, 0.6) is 0 Å². The Morgan fingerprint density at radius 2 is 2.32 bits per heavy atom. The topological polar surface area (TPSA) is 86.4 Å². The maximum Gasteiger partial charge on any atom is 0.321 e. The molecule has 1 saturated heterocycles. The lowest BCUT2D eigenvalue weighted by Crippen LogP contribution is -2.47. The molecule has 3 amide bonds. The third kappa shape index (κ3) is 5.25. The molecular weight excluding hydrogens is 306 g/mol. The van der Waals surface area contributed by atoms with Crippen LogP contribution in [-0.2, 0) is 4.79 Å². The normalized spacial score (nSPS) is 18.1. The van der Waals surface area contributed by atoms with Gasteiger partial charge in [-0.25, -0.2) is 4.79 Å². The summed E-state index contributed by atoms with van der Waals surface area (Å²) in [4.78, 5) is 29.2. The van der Waals surface area contributed by atoms with Gasteiger partial charge in [-0.05, 0) is 11.6 Å². The predicted molar refractivity (Wildman–Crippen MR) is 85.9 cm³/mol. The molecule has 0 aliphatic carbocycles. The van der Waals surface area contributed by atoms with Gasteiger partial charge in [-0.15, -0.1) is 12.4 Å². The molecule has 0 bridgehead atoms. The fraction of sp³-hybridized carbons (Fsp3) is 0.500. The molecule has 0 saturated carbocycles. The molecule has 122 valence electrons. The molecule has 0 radical (unpaired) electrons. The highest BCUT2D eigenvalue weighted by Crippen LogP contribution is 2.21. The van der Waals surface area contributed by atoms with Gasteiger partial charge in [0.15, 0.2) is 0 Å². The van der Waals surface area contributed by atoms with Gasteiger partial charge in [0.1, 0.15) is 0 Å². The number of carbonyl (C=O) groups is 2. The second-order valence-electron chi connectivity index (χ2n) is 4.92. The Labute approximate surface area is 136 Å². The Hall–Kier alpha value is -1.70. The van der Waals surface area contributed by atoms with Crippen molar-refractivity contribution in [1.29, 1.82) is 0 Å². The molecule has 1 aliphatic heterocycles. The SMILES string of the molecule is CNC(=O)NC(=O)CCN1CCNCC1c1cccnc1.Cl. The van der Waals surface area contributed by atoms with Gasteiger partial charge in [0.05, 0.1) is 0 Å². The summed E-state index contributed by atoms with van der Waals surface area (Å²) in [5.74, 6) is -0.266. The van der Waals surface area contributed by atoms with Crippen molar-refractivity contribution in [3.8, 4) is 0 Å². The second-order valence-corrected chi connectivity index (χ2v) is 4.92. The highest BCUT2D eigenvalue weighted by Gasteiger charge is 2.24. The number of hydrogen-bond donors (Lipinski definition) is 3. The second kappa shape index (κ2) is 9.34. The Morgan fingerprint density at radius 3 is 3.00 bits per heavy atom. The van der Waals surface area contributed by atoms with Crippen LogP contribution in [0.25, 0.3) is 0 Å². The van der Waals surface area contributed by atoms with Gasteiger partial charge in [-0.3, -0.25) is 20.0 Å². The summed E-state index contributed by atoms with van der Waals surface area (Å²) in [6.07, 6.45) is 3.90. The van der Waals surface area contributed by atoms with Crippen molar-refractivity contribution in [2.75, 3.05) is 33.2 Å². The van der Waals surface area contributed by atoms with Crippen LogP contribution in [-0.4, -0.2) is 55.0 Å². The zero-order valence-corrected chi connectivity index (χ0v) is 13.4. The summed E-state index contributed by atoms with van der Waals surface area (Å²) in [6, 6.07) is 3.70. The Balaban J connectivity index is 0.00000242. The Bertz CT molecular complexity index is 485. The third-order valence-corrected chi connectivity index (χ3v) is 3.53. The number of hydrogen-bond acceptors (Lipinski definition) is 5. The van der Waals surface area contributed by atoms with E-state index in [0.29, 0.717) is 13.0 Å². The van der Waals surface area contributed by atoms with Crippen molar-refractivity contribution in [1.82, 2.24) is 25.8 Å². The summed E-state index contributed by atoms with van der Waals surface area (Å²) in [6.45, 7) is 3.22. The molecule has 2 heterocycles. The van der Waals surface area contributed by atoms with E-state index in [-0.39, 0.29) is 24.4 Å². The first kappa shape index (κ1) is 18.3. The van der Waals surface area contributed by atoms with E-state index >= 15 is 0 Å². The number of imide groups is 1. The number of carbonyl (C=O) groups excluding carboxylic acids is 2. The van der Waals surface area contributed by atoms with Crippen molar-refractivity contribution in [2.24, 2.45) is 0 Å². The number of urea groups is 1. The van der Waals surface area contributed by atoms with Crippen LogP contribution in [0.4, 0.5) is 4.79 Å². The zero-order chi connectivity index (χ0) is 15.1. The van der Waals surface area contributed by atoms with Crippen molar-refractivity contribution in [2.45, 2.75) is 12.5 Å². The van der Waals surface area contributed by atoms with Crippen molar-refractivity contribution in [3.63, 3.8) is 0 Å². The molecule has 1 aromatic heterocycles. The Morgan fingerprint density at radius 1 is 1.50 bits per heavy atom. The highest BCUT2D eigenvalue weighted by atomic mass is 35.5. The standard InChI is InChI=1S/C14H21N5O2.ClH/c1-15-14(21)18-13(20)4-7-19-8-6-17-10-12(19)11-3-2-5-16-9-11;/h2-3,5,9,12,17H,4,6-8,10H2,1H3,(H2,15,18,20,21);1H. The maximum absolute atomic E-state index is 11.7. The van der Waals surface area contributed by atoms with Gasteiger partial charge in [0, 0.05) is 58.1 Å². The lowest BCUT2D eigenvalue weighted by molar-refractivity contribution is -0.120. The summed E-state index contributed by atoms with van der Waals surface area (Å²) in [7, 11) is 1.48. The lowest BCUT2D eigenvalue weighted by atomic mass is 10.1. The van der Waals surface area contributed by atoms with E-state index in [1.165, 1.54) is 7.05 Å². The van der Waals surface area contributed by atoms with Crippen LogP contribution in [0.3, 0.4) is 0 Å². The summed E-state index contributed by atoms with van der Waals surface area (Å²) in [5.41, 5.74) is 1.14. The smallest absolute Gasteiger partial charge is 0.321 e. The molecule has 3 N–H and O–H groups in total. The minimum Gasteiger partial charge on any atom is -0.341 e. The van der Waals surface area contributed by atoms with Crippen LogP contribution in [0.1, 0.15) is 18.0 Å². The third-order valence-electron chi connectivity index (χ3n) is 3.53. The zero-order valence-electron chi connectivity index (χ0n) is 12.5. The molecule has 1 unspecified atom stereocenters. The van der Waals surface area contributed by atoms with Gasteiger partial charge < -0.3 is 10.6 Å². The monoisotopic (exact) mass is 327 g/mol. The lowest BCUT2D eigenvalue weighted by Gasteiger charge is -2.36. The molecular formula is C14H22ClN5O2. The van der Waals surface area contributed by atoms with Gasteiger partial charge in [-0.2, -0.15) is 0 Å². The number of rotatable bonds is 4. The van der Waals surface area contributed by atoms with Crippen molar-refractivity contribution in [3.05, 3.63) is 30.1 Å². The van der Waals surface area contributed by atoms with Crippen LogP contribution >= 0.6 is 12.4 Å². The number of nitrogens with zero attached hydrogens (tertiary/aromatic N) is 2. The first-order chi connectivity index (χ1) is 10.2. The number of aromatic nitrogens is 1. The first-order valence-corrected chi connectivity index (χ1v) is 7.07. The van der Waals surface area contributed by atoms with Gasteiger partial charge >= 0.3 is 6.03 Å².